The zero-order chi connectivity index (χ0) is 13.1. The molecule has 0 unspecified atom stereocenters. The molecule has 0 atom stereocenters. The molecule has 0 fully saturated rings. The van der Waals surface area contributed by atoms with Crippen LogP contribution in [0.5, 0.6) is 5.75 Å². The Morgan fingerprint density at radius 2 is 2.11 bits per heavy atom. The maximum Gasteiger partial charge on any atom is 0.239 e. The monoisotopic (exact) mass is 248 g/mol. The van der Waals surface area contributed by atoms with Gasteiger partial charge in [0, 0.05) is 6.04 Å². The molecule has 1 heterocycles. The van der Waals surface area contributed by atoms with Gasteiger partial charge in [-0.3, -0.25) is 14.5 Å². The van der Waals surface area contributed by atoms with E-state index < -0.39 is 0 Å². The van der Waals surface area contributed by atoms with Gasteiger partial charge in [0.1, 0.15) is 12.2 Å². The average molecular weight is 248 g/mol. The van der Waals surface area contributed by atoms with Crippen molar-refractivity contribution in [3.8, 4) is 5.75 Å². The molecule has 2 amide bonds. The summed E-state index contributed by atoms with van der Waals surface area (Å²) in [5, 5.41) is 2.69. The maximum absolute atomic E-state index is 12.0. The highest BCUT2D eigenvalue weighted by Gasteiger charge is 2.26. The Kier molecular flexibility index (Phi) is 3.50. The molecule has 1 aromatic carbocycles. The molecular weight excluding hydrogens is 232 g/mol. The van der Waals surface area contributed by atoms with Gasteiger partial charge in [0.05, 0.1) is 5.69 Å². The van der Waals surface area contributed by atoms with Crippen LogP contribution in [0.1, 0.15) is 20.3 Å². The largest absolute Gasteiger partial charge is 0.470 e. The lowest BCUT2D eigenvalue weighted by Crippen LogP contribution is -2.37. The zero-order valence-corrected chi connectivity index (χ0v) is 10.5. The summed E-state index contributed by atoms with van der Waals surface area (Å²) in [7, 11) is 0. The second-order valence-electron chi connectivity index (χ2n) is 4.46. The van der Waals surface area contributed by atoms with Crippen molar-refractivity contribution >= 4 is 17.5 Å². The molecule has 0 aromatic heterocycles. The van der Waals surface area contributed by atoms with Gasteiger partial charge in [0.25, 0.3) is 0 Å². The SMILES string of the molecule is CC(C)NC(=O)CC(=O)N1COc2ccccc21. The number of fused-ring (bicyclic) bond motifs is 1. The summed E-state index contributed by atoms with van der Waals surface area (Å²) in [6, 6.07) is 7.32. The van der Waals surface area contributed by atoms with Crippen LogP contribution in [-0.4, -0.2) is 24.6 Å². The molecule has 1 aromatic rings. The van der Waals surface area contributed by atoms with E-state index in [0.29, 0.717) is 5.75 Å². The predicted octanol–water partition coefficient (Wildman–Crippen LogP) is 1.28. The van der Waals surface area contributed by atoms with E-state index in [1.807, 2.05) is 26.0 Å². The summed E-state index contributed by atoms with van der Waals surface area (Å²) in [5.74, 6) is 0.160. The molecule has 0 radical (unpaired) electrons. The third-order valence-electron chi connectivity index (χ3n) is 2.57. The van der Waals surface area contributed by atoms with Gasteiger partial charge in [-0.05, 0) is 26.0 Å². The van der Waals surface area contributed by atoms with E-state index in [4.69, 9.17) is 4.74 Å². The van der Waals surface area contributed by atoms with Gasteiger partial charge in [0.15, 0.2) is 6.73 Å². The smallest absolute Gasteiger partial charge is 0.239 e. The first-order valence-electron chi connectivity index (χ1n) is 5.89. The first kappa shape index (κ1) is 12.4. The number of nitrogens with zero attached hydrogens (tertiary/aromatic N) is 1. The highest BCUT2D eigenvalue weighted by Crippen LogP contribution is 2.33. The van der Waals surface area contributed by atoms with Gasteiger partial charge >= 0.3 is 0 Å². The quantitative estimate of drug-likeness (QED) is 0.820. The summed E-state index contributed by atoms with van der Waals surface area (Å²) < 4.78 is 5.37. The number of hydrogen-bond acceptors (Lipinski definition) is 3. The first-order valence-corrected chi connectivity index (χ1v) is 5.89. The molecule has 18 heavy (non-hydrogen) atoms. The average Bonchev–Trinajstić information content (AvgIpc) is 2.71. The minimum Gasteiger partial charge on any atom is -0.470 e. The highest BCUT2D eigenvalue weighted by molar-refractivity contribution is 6.06. The van der Waals surface area contributed by atoms with Crippen LogP contribution in [0.3, 0.4) is 0 Å². The Hall–Kier alpha value is -2.04. The van der Waals surface area contributed by atoms with E-state index in [1.54, 1.807) is 12.1 Å². The number of carbonyl (C=O) groups is 2. The molecular formula is C13H16N2O3. The normalized spacial score (nSPS) is 13.2. The summed E-state index contributed by atoms with van der Waals surface area (Å²) in [6.07, 6.45) is -0.157. The van der Waals surface area contributed by atoms with E-state index in [0.717, 1.165) is 5.69 Å². The number of rotatable bonds is 3. The first-order chi connectivity index (χ1) is 8.58. The van der Waals surface area contributed by atoms with Crippen LogP contribution in [0.4, 0.5) is 5.69 Å². The van der Waals surface area contributed by atoms with Crippen molar-refractivity contribution in [3.05, 3.63) is 24.3 Å². The van der Waals surface area contributed by atoms with E-state index in [1.165, 1.54) is 4.90 Å². The lowest BCUT2D eigenvalue weighted by Gasteiger charge is -2.15. The standard InChI is InChI=1S/C13H16N2O3/c1-9(2)14-12(16)7-13(17)15-8-18-11-6-4-3-5-10(11)15/h3-6,9H,7-8H2,1-2H3,(H,14,16). The molecule has 96 valence electrons. The number of ether oxygens (including phenoxy) is 1. The van der Waals surface area contributed by atoms with Gasteiger partial charge in [0.2, 0.25) is 11.8 Å². The van der Waals surface area contributed by atoms with Gasteiger partial charge in [-0.25, -0.2) is 0 Å². The van der Waals surface area contributed by atoms with Crippen molar-refractivity contribution in [2.45, 2.75) is 26.3 Å². The predicted molar refractivity (Wildman–Crippen MR) is 67.3 cm³/mol. The lowest BCUT2D eigenvalue weighted by molar-refractivity contribution is -0.128. The van der Waals surface area contributed by atoms with Crippen LogP contribution < -0.4 is 15.0 Å². The Bertz CT molecular complexity index is 471. The van der Waals surface area contributed by atoms with Crippen molar-refractivity contribution in [2.24, 2.45) is 0 Å². The van der Waals surface area contributed by atoms with Crippen molar-refractivity contribution in [1.82, 2.24) is 5.32 Å². The minimum atomic E-state index is -0.264. The van der Waals surface area contributed by atoms with Crippen molar-refractivity contribution < 1.29 is 14.3 Å². The number of carbonyl (C=O) groups excluding carboxylic acids is 2. The summed E-state index contributed by atoms with van der Waals surface area (Å²) >= 11 is 0. The summed E-state index contributed by atoms with van der Waals surface area (Å²) in [4.78, 5) is 25.0. The van der Waals surface area contributed by atoms with Gasteiger partial charge in [-0.2, -0.15) is 0 Å². The Morgan fingerprint density at radius 1 is 1.39 bits per heavy atom. The second-order valence-corrected chi connectivity index (χ2v) is 4.46. The molecule has 0 aliphatic carbocycles. The van der Waals surface area contributed by atoms with Crippen LogP contribution in [0.25, 0.3) is 0 Å². The highest BCUT2D eigenvalue weighted by atomic mass is 16.5. The van der Waals surface area contributed by atoms with Gasteiger partial charge < -0.3 is 10.1 Å². The Labute approximate surface area is 106 Å². The summed E-state index contributed by atoms with van der Waals surface area (Å²) in [6.45, 7) is 3.89. The van der Waals surface area contributed by atoms with Crippen molar-refractivity contribution in [3.63, 3.8) is 0 Å². The van der Waals surface area contributed by atoms with Gasteiger partial charge in [-0.1, -0.05) is 12.1 Å². The number of benzene rings is 1. The third-order valence-corrected chi connectivity index (χ3v) is 2.57. The number of anilines is 1. The summed E-state index contributed by atoms with van der Waals surface area (Å²) in [5.41, 5.74) is 0.722. The third kappa shape index (κ3) is 2.61. The van der Waals surface area contributed by atoms with Crippen LogP contribution in [0.15, 0.2) is 24.3 Å². The molecule has 0 saturated carbocycles. The Balaban J connectivity index is 2.01. The van der Waals surface area contributed by atoms with E-state index >= 15 is 0 Å². The minimum absolute atomic E-state index is 0.0346. The number of hydrogen-bond donors (Lipinski definition) is 1. The fraction of sp³-hybridized carbons (Fsp3) is 0.385. The zero-order valence-electron chi connectivity index (χ0n) is 10.5. The number of amides is 2. The fourth-order valence-corrected chi connectivity index (χ4v) is 1.82. The number of nitrogens with one attached hydrogen (secondary N) is 1. The van der Waals surface area contributed by atoms with E-state index in [9.17, 15) is 9.59 Å². The number of para-hydroxylation sites is 2. The van der Waals surface area contributed by atoms with Crippen LogP contribution >= 0.6 is 0 Å². The molecule has 2 rings (SSSR count). The second kappa shape index (κ2) is 5.08. The fourth-order valence-electron chi connectivity index (χ4n) is 1.82. The van der Waals surface area contributed by atoms with E-state index in [-0.39, 0.29) is 31.0 Å². The van der Waals surface area contributed by atoms with Crippen molar-refractivity contribution in [2.75, 3.05) is 11.6 Å². The van der Waals surface area contributed by atoms with Crippen LogP contribution in [0, 0.1) is 0 Å². The Morgan fingerprint density at radius 3 is 2.83 bits per heavy atom. The molecule has 0 saturated heterocycles. The molecule has 5 heteroatoms. The van der Waals surface area contributed by atoms with E-state index in [2.05, 4.69) is 5.32 Å². The maximum atomic E-state index is 12.0. The molecule has 0 bridgehead atoms. The molecule has 1 N–H and O–H groups in total. The van der Waals surface area contributed by atoms with Crippen molar-refractivity contribution in [1.29, 1.82) is 0 Å². The topological polar surface area (TPSA) is 58.6 Å². The van der Waals surface area contributed by atoms with Gasteiger partial charge in [-0.15, -0.1) is 0 Å². The molecule has 5 nitrogen and oxygen atoms in total. The molecule has 0 spiro atoms. The lowest BCUT2D eigenvalue weighted by atomic mass is 10.2. The molecule has 1 aliphatic heterocycles. The molecule has 1 aliphatic rings. The van der Waals surface area contributed by atoms with Crippen LogP contribution in [-0.2, 0) is 9.59 Å². The van der Waals surface area contributed by atoms with Crippen LogP contribution in [0.2, 0.25) is 0 Å².